The molecule has 0 fully saturated rings. The first-order valence-electron chi connectivity index (χ1n) is 8.96. The predicted octanol–water partition coefficient (Wildman–Crippen LogP) is 4.07. The molecular weight excluding hydrogens is 479 g/mol. The minimum atomic E-state index is -4.59. The van der Waals surface area contributed by atoms with E-state index in [1.807, 2.05) is 13.0 Å². The first-order chi connectivity index (χ1) is 14.6. The number of anilines is 1. The molecule has 0 saturated carbocycles. The summed E-state index contributed by atoms with van der Waals surface area (Å²) in [7, 11) is 1.39. The number of aryl methyl sites for hydroxylation is 1. The molecule has 0 unspecified atom stereocenters. The number of nitrogens with zero attached hydrogens (tertiary/aromatic N) is 4. The van der Waals surface area contributed by atoms with Gasteiger partial charge in [0.15, 0.2) is 5.69 Å². The number of aromatic nitrogens is 3. The largest absolute Gasteiger partial charge is 0.418 e. The second-order valence-corrected chi connectivity index (χ2v) is 7.65. The maximum absolute atomic E-state index is 13.2. The third kappa shape index (κ3) is 5.29. The van der Waals surface area contributed by atoms with Crippen molar-refractivity contribution in [1.29, 1.82) is 0 Å². The number of para-hydroxylation sites is 1. The molecule has 1 heterocycles. The maximum Gasteiger partial charge on any atom is 0.418 e. The molecule has 0 aliphatic rings. The van der Waals surface area contributed by atoms with Gasteiger partial charge in [-0.15, -0.1) is 5.10 Å². The minimum absolute atomic E-state index is 0.188. The van der Waals surface area contributed by atoms with Crippen LogP contribution >= 0.6 is 15.9 Å². The fourth-order valence-electron chi connectivity index (χ4n) is 2.83. The standard InChI is InChI=1S/C20H17BrF3N5O2/c1-12-9-13(21)7-8-15(12)25-18(30)11-28(2)19(31)16-10-29(27-26-16)17-6-4-3-5-14(17)20(22,23)24/h3-10H,11H2,1-2H3,(H,25,30). The Morgan fingerprint density at radius 3 is 2.58 bits per heavy atom. The van der Waals surface area contributed by atoms with Crippen LogP contribution < -0.4 is 5.32 Å². The Bertz CT molecular complexity index is 1130. The van der Waals surface area contributed by atoms with Gasteiger partial charge >= 0.3 is 6.18 Å². The molecule has 0 aliphatic carbocycles. The highest BCUT2D eigenvalue weighted by molar-refractivity contribution is 9.10. The normalized spacial score (nSPS) is 11.3. The van der Waals surface area contributed by atoms with Gasteiger partial charge in [0.2, 0.25) is 5.91 Å². The molecule has 11 heteroatoms. The van der Waals surface area contributed by atoms with E-state index >= 15 is 0 Å². The number of amides is 2. The highest BCUT2D eigenvalue weighted by Gasteiger charge is 2.34. The average molecular weight is 496 g/mol. The van der Waals surface area contributed by atoms with Crippen LogP contribution in [0.5, 0.6) is 0 Å². The quantitative estimate of drug-likeness (QED) is 0.578. The van der Waals surface area contributed by atoms with Gasteiger partial charge in [-0.2, -0.15) is 13.2 Å². The number of benzene rings is 2. The van der Waals surface area contributed by atoms with Crippen LogP contribution in [0.1, 0.15) is 21.6 Å². The first-order valence-corrected chi connectivity index (χ1v) is 9.76. The first kappa shape index (κ1) is 22.5. The number of likely N-dealkylation sites (N-methyl/N-ethyl adjacent to an activating group) is 1. The van der Waals surface area contributed by atoms with Crippen molar-refractivity contribution >= 4 is 33.4 Å². The van der Waals surface area contributed by atoms with Crippen molar-refractivity contribution in [2.24, 2.45) is 0 Å². The van der Waals surface area contributed by atoms with Gasteiger partial charge < -0.3 is 10.2 Å². The van der Waals surface area contributed by atoms with Gasteiger partial charge in [0.25, 0.3) is 5.91 Å². The second-order valence-electron chi connectivity index (χ2n) is 6.73. The fraction of sp³-hybridized carbons (Fsp3) is 0.200. The summed E-state index contributed by atoms with van der Waals surface area (Å²) in [6.45, 7) is 1.55. The number of hydrogen-bond acceptors (Lipinski definition) is 4. The molecule has 31 heavy (non-hydrogen) atoms. The molecule has 0 spiro atoms. The Labute approximate surface area is 184 Å². The van der Waals surface area contributed by atoms with Gasteiger partial charge in [-0.1, -0.05) is 33.3 Å². The van der Waals surface area contributed by atoms with Crippen molar-refractivity contribution in [3.8, 4) is 5.69 Å². The molecule has 1 aromatic heterocycles. The van der Waals surface area contributed by atoms with Crippen LogP contribution in [0.3, 0.4) is 0 Å². The van der Waals surface area contributed by atoms with Gasteiger partial charge in [0, 0.05) is 17.2 Å². The van der Waals surface area contributed by atoms with E-state index in [1.54, 1.807) is 12.1 Å². The molecule has 1 N–H and O–H groups in total. The molecule has 7 nitrogen and oxygen atoms in total. The number of carbonyl (C=O) groups excluding carboxylic acids is 2. The van der Waals surface area contributed by atoms with Crippen LogP contribution in [-0.4, -0.2) is 45.3 Å². The van der Waals surface area contributed by atoms with E-state index in [0.717, 1.165) is 31.9 Å². The highest BCUT2D eigenvalue weighted by Crippen LogP contribution is 2.33. The zero-order chi connectivity index (χ0) is 22.8. The van der Waals surface area contributed by atoms with E-state index in [9.17, 15) is 22.8 Å². The molecule has 0 saturated heterocycles. The monoisotopic (exact) mass is 495 g/mol. The Balaban J connectivity index is 1.71. The van der Waals surface area contributed by atoms with E-state index in [0.29, 0.717) is 5.69 Å². The SMILES string of the molecule is Cc1cc(Br)ccc1NC(=O)CN(C)C(=O)c1cn(-c2ccccc2C(F)(F)F)nn1. The summed E-state index contributed by atoms with van der Waals surface area (Å²) < 4.78 is 41.4. The van der Waals surface area contributed by atoms with Crippen LogP contribution in [0.25, 0.3) is 5.69 Å². The van der Waals surface area contributed by atoms with E-state index in [-0.39, 0.29) is 17.9 Å². The molecule has 0 bridgehead atoms. The number of carbonyl (C=O) groups is 2. The van der Waals surface area contributed by atoms with Gasteiger partial charge in [-0.3, -0.25) is 9.59 Å². The van der Waals surface area contributed by atoms with Crippen molar-refractivity contribution in [1.82, 2.24) is 19.9 Å². The summed E-state index contributed by atoms with van der Waals surface area (Å²) in [4.78, 5) is 26.0. The topological polar surface area (TPSA) is 80.1 Å². The van der Waals surface area contributed by atoms with Crippen molar-refractivity contribution in [2.75, 3.05) is 18.9 Å². The van der Waals surface area contributed by atoms with E-state index in [4.69, 9.17) is 0 Å². The van der Waals surface area contributed by atoms with Crippen LogP contribution in [0.15, 0.2) is 53.1 Å². The lowest BCUT2D eigenvalue weighted by Crippen LogP contribution is -2.35. The minimum Gasteiger partial charge on any atom is -0.331 e. The summed E-state index contributed by atoms with van der Waals surface area (Å²) in [5, 5.41) is 10.0. The van der Waals surface area contributed by atoms with Crippen LogP contribution in [0.4, 0.5) is 18.9 Å². The summed E-state index contributed by atoms with van der Waals surface area (Å²) >= 11 is 3.34. The number of nitrogens with one attached hydrogen (secondary N) is 1. The lowest BCUT2D eigenvalue weighted by Gasteiger charge is -2.16. The Morgan fingerprint density at radius 2 is 1.90 bits per heavy atom. The Kier molecular flexibility index (Phi) is 6.44. The van der Waals surface area contributed by atoms with Crippen LogP contribution in [0.2, 0.25) is 0 Å². The van der Waals surface area contributed by atoms with Crippen molar-refractivity contribution in [2.45, 2.75) is 13.1 Å². The maximum atomic E-state index is 13.2. The lowest BCUT2D eigenvalue weighted by molar-refractivity contribution is -0.137. The van der Waals surface area contributed by atoms with Gasteiger partial charge in [0.05, 0.1) is 24.0 Å². The Hall–Kier alpha value is -3.21. The van der Waals surface area contributed by atoms with E-state index < -0.39 is 23.6 Å². The summed E-state index contributed by atoms with van der Waals surface area (Å²) in [6, 6.07) is 10.2. The number of alkyl halides is 3. The molecule has 0 aliphatic heterocycles. The third-order valence-corrected chi connectivity index (χ3v) is 4.85. The summed E-state index contributed by atoms with van der Waals surface area (Å²) in [5.74, 6) is -1.09. The van der Waals surface area contributed by atoms with E-state index in [1.165, 1.54) is 25.2 Å². The van der Waals surface area contributed by atoms with Crippen LogP contribution in [0, 0.1) is 6.92 Å². The molecule has 3 rings (SSSR count). The molecule has 0 radical (unpaired) electrons. The zero-order valence-corrected chi connectivity index (χ0v) is 18.0. The van der Waals surface area contributed by atoms with E-state index in [2.05, 4.69) is 31.6 Å². The molecule has 162 valence electrons. The molecule has 3 aromatic rings. The van der Waals surface area contributed by atoms with Crippen molar-refractivity contribution in [3.63, 3.8) is 0 Å². The fourth-order valence-corrected chi connectivity index (χ4v) is 3.31. The number of rotatable bonds is 5. The van der Waals surface area contributed by atoms with Gasteiger partial charge in [0.1, 0.15) is 0 Å². The lowest BCUT2D eigenvalue weighted by atomic mass is 10.1. The molecule has 0 atom stereocenters. The Morgan fingerprint density at radius 1 is 1.19 bits per heavy atom. The van der Waals surface area contributed by atoms with Gasteiger partial charge in [-0.05, 0) is 42.8 Å². The number of hydrogen-bond donors (Lipinski definition) is 1. The third-order valence-electron chi connectivity index (χ3n) is 4.36. The molecular formula is C20H17BrF3N5O2. The smallest absolute Gasteiger partial charge is 0.331 e. The summed E-state index contributed by atoms with van der Waals surface area (Å²) in [6.07, 6.45) is -3.49. The molecule has 2 amide bonds. The highest BCUT2D eigenvalue weighted by atomic mass is 79.9. The zero-order valence-electron chi connectivity index (χ0n) is 16.4. The van der Waals surface area contributed by atoms with Crippen molar-refractivity contribution in [3.05, 3.63) is 70.0 Å². The average Bonchev–Trinajstić information content (AvgIpc) is 3.19. The second kappa shape index (κ2) is 8.88. The predicted molar refractivity (Wildman–Crippen MR) is 111 cm³/mol. The van der Waals surface area contributed by atoms with Crippen molar-refractivity contribution < 1.29 is 22.8 Å². The number of halogens is 4. The van der Waals surface area contributed by atoms with Gasteiger partial charge in [-0.25, -0.2) is 4.68 Å². The molecule has 2 aromatic carbocycles. The summed E-state index contributed by atoms with van der Waals surface area (Å²) in [5.41, 5.74) is 0.0861. The van der Waals surface area contributed by atoms with Crippen LogP contribution in [-0.2, 0) is 11.0 Å².